The maximum absolute atomic E-state index is 11.9. The van der Waals surface area contributed by atoms with E-state index in [0.29, 0.717) is 18.9 Å². The molecule has 0 radical (unpaired) electrons. The summed E-state index contributed by atoms with van der Waals surface area (Å²) in [7, 11) is -0.476. The molecular formula is C15H22BN3O3. The van der Waals surface area contributed by atoms with Crippen molar-refractivity contribution in [3.8, 4) is 0 Å². The van der Waals surface area contributed by atoms with E-state index in [-0.39, 0.29) is 17.1 Å². The van der Waals surface area contributed by atoms with Crippen molar-refractivity contribution >= 4 is 24.4 Å². The minimum atomic E-state index is -0.476. The Balaban J connectivity index is 1.76. The van der Waals surface area contributed by atoms with Gasteiger partial charge in [-0.15, -0.1) is 0 Å². The molecular weight excluding hydrogens is 281 g/mol. The third kappa shape index (κ3) is 2.63. The van der Waals surface area contributed by atoms with Gasteiger partial charge in [-0.25, -0.2) is 9.97 Å². The Bertz CT molecular complexity index is 558. The molecule has 1 aromatic rings. The molecule has 7 heteroatoms. The van der Waals surface area contributed by atoms with E-state index < -0.39 is 7.12 Å². The second-order valence-corrected chi connectivity index (χ2v) is 6.91. The van der Waals surface area contributed by atoms with Crippen LogP contribution in [-0.4, -0.2) is 40.7 Å². The number of piperidine rings is 1. The topological polar surface area (TPSA) is 64.5 Å². The van der Waals surface area contributed by atoms with Gasteiger partial charge in [0.25, 0.3) is 0 Å². The second kappa shape index (κ2) is 5.31. The maximum atomic E-state index is 11.9. The van der Waals surface area contributed by atoms with Crippen LogP contribution < -0.4 is 10.4 Å². The lowest BCUT2D eigenvalue weighted by Crippen LogP contribution is -2.41. The van der Waals surface area contributed by atoms with E-state index in [9.17, 15) is 4.79 Å². The summed E-state index contributed by atoms with van der Waals surface area (Å²) in [5.41, 5.74) is -0.00918. The maximum Gasteiger partial charge on any atom is 0.498 e. The van der Waals surface area contributed by atoms with E-state index in [0.717, 1.165) is 18.3 Å². The van der Waals surface area contributed by atoms with Gasteiger partial charge in [0.1, 0.15) is 0 Å². The van der Waals surface area contributed by atoms with Crippen LogP contribution in [-0.2, 0) is 14.1 Å². The van der Waals surface area contributed by atoms with E-state index in [1.54, 1.807) is 17.3 Å². The smallest absolute Gasteiger partial charge is 0.399 e. The number of nitrogens with zero attached hydrogens (tertiary/aromatic N) is 3. The molecule has 0 unspecified atom stereocenters. The molecule has 0 bridgehead atoms. The Hall–Kier alpha value is -1.47. The van der Waals surface area contributed by atoms with Crippen molar-refractivity contribution < 1.29 is 14.1 Å². The zero-order valence-corrected chi connectivity index (χ0v) is 13.6. The lowest BCUT2D eigenvalue weighted by Gasteiger charge is -2.32. The van der Waals surface area contributed by atoms with E-state index in [1.165, 1.54) is 0 Å². The monoisotopic (exact) mass is 303 g/mol. The van der Waals surface area contributed by atoms with Crippen LogP contribution in [0.3, 0.4) is 0 Å². The molecule has 0 atom stereocenters. The van der Waals surface area contributed by atoms with Gasteiger partial charge in [0.05, 0.1) is 11.2 Å². The second-order valence-electron chi connectivity index (χ2n) is 6.91. The fourth-order valence-corrected chi connectivity index (χ4v) is 2.59. The molecule has 6 nitrogen and oxygen atoms in total. The van der Waals surface area contributed by atoms with Crippen LogP contribution in [0.15, 0.2) is 12.4 Å². The molecule has 0 saturated carbocycles. The number of hydrogen-bond acceptors (Lipinski definition) is 5. The molecule has 0 aliphatic carbocycles. The largest absolute Gasteiger partial charge is 0.498 e. The summed E-state index contributed by atoms with van der Waals surface area (Å²) in [5, 5.41) is 0. The molecule has 118 valence electrons. The summed E-state index contributed by atoms with van der Waals surface area (Å²) < 4.78 is 11.9. The summed E-state index contributed by atoms with van der Waals surface area (Å²) >= 11 is 0. The Kier molecular flexibility index (Phi) is 3.73. The minimum absolute atomic E-state index is 0.0923. The molecule has 0 spiro atoms. The molecule has 22 heavy (non-hydrogen) atoms. The van der Waals surface area contributed by atoms with E-state index in [2.05, 4.69) is 9.97 Å². The number of amides is 1. The van der Waals surface area contributed by atoms with Crippen molar-refractivity contribution in [3.63, 3.8) is 0 Å². The normalized spacial score (nSPS) is 23.9. The molecule has 0 N–H and O–H groups in total. The average Bonchev–Trinajstić information content (AvgIpc) is 2.68. The highest BCUT2D eigenvalue weighted by molar-refractivity contribution is 6.61. The Labute approximate surface area is 131 Å². The summed E-state index contributed by atoms with van der Waals surface area (Å²) in [6.07, 6.45) is 5.89. The van der Waals surface area contributed by atoms with Gasteiger partial charge >= 0.3 is 7.12 Å². The van der Waals surface area contributed by atoms with Crippen LogP contribution in [0.4, 0.5) is 5.95 Å². The molecule has 2 aliphatic heterocycles. The lowest BCUT2D eigenvalue weighted by atomic mass is 9.81. The first kappa shape index (κ1) is 15.4. The zero-order chi connectivity index (χ0) is 16.0. The number of rotatable bonds is 2. The number of carbonyl (C=O) groups is 1. The van der Waals surface area contributed by atoms with Crippen LogP contribution in [0.1, 0.15) is 47.0 Å². The van der Waals surface area contributed by atoms with Crippen LogP contribution in [0, 0.1) is 0 Å². The van der Waals surface area contributed by atoms with E-state index >= 15 is 0 Å². The first-order chi connectivity index (χ1) is 10.3. The van der Waals surface area contributed by atoms with Crippen molar-refractivity contribution in [3.05, 3.63) is 12.4 Å². The fourth-order valence-electron chi connectivity index (χ4n) is 2.59. The Morgan fingerprint density at radius 1 is 1.09 bits per heavy atom. The van der Waals surface area contributed by atoms with Gasteiger partial charge in [0, 0.05) is 30.8 Å². The fraction of sp³-hybridized carbons (Fsp3) is 0.667. The number of carbonyl (C=O) groups excluding carboxylic acids is 1. The van der Waals surface area contributed by atoms with Gasteiger partial charge in [-0.05, 0) is 40.5 Å². The van der Waals surface area contributed by atoms with E-state index in [4.69, 9.17) is 9.31 Å². The average molecular weight is 303 g/mol. The van der Waals surface area contributed by atoms with Crippen molar-refractivity contribution in [2.24, 2.45) is 0 Å². The summed E-state index contributed by atoms with van der Waals surface area (Å²) in [5.74, 6) is 0.555. The lowest BCUT2D eigenvalue weighted by molar-refractivity contribution is -0.119. The van der Waals surface area contributed by atoms with Crippen molar-refractivity contribution in [2.75, 3.05) is 11.4 Å². The Morgan fingerprint density at radius 2 is 1.68 bits per heavy atom. The standard InChI is InChI=1S/C15H22BN3O3/c1-14(2)15(3,4)22-16(21-14)11-9-17-13(18-10-11)19-8-6-5-7-12(19)20/h9-10H,5-8H2,1-4H3. The minimum Gasteiger partial charge on any atom is -0.399 e. The highest BCUT2D eigenvalue weighted by Gasteiger charge is 2.52. The number of anilines is 1. The predicted octanol–water partition coefficient (Wildman–Crippen LogP) is 1.29. The van der Waals surface area contributed by atoms with E-state index in [1.807, 2.05) is 27.7 Å². The van der Waals surface area contributed by atoms with Gasteiger partial charge < -0.3 is 9.31 Å². The quantitative estimate of drug-likeness (QED) is 0.770. The molecule has 1 amide bonds. The van der Waals surface area contributed by atoms with Crippen molar-refractivity contribution in [2.45, 2.75) is 58.2 Å². The first-order valence-corrected chi connectivity index (χ1v) is 7.78. The molecule has 3 rings (SSSR count). The molecule has 2 aliphatic rings. The third-order valence-corrected chi connectivity index (χ3v) is 4.75. The summed E-state index contributed by atoms with van der Waals surface area (Å²) in [6, 6.07) is 0. The van der Waals surface area contributed by atoms with Gasteiger partial charge in [0.15, 0.2) is 0 Å². The highest BCUT2D eigenvalue weighted by Crippen LogP contribution is 2.36. The molecule has 0 aromatic carbocycles. The highest BCUT2D eigenvalue weighted by atomic mass is 16.7. The molecule has 2 saturated heterocycles. The van der Waals surface area contributed by atoms with Gasteiger partial charge in [-0.1, -0.05) is 0 Å². The predicted molar refractivity (Wildman–Crippen MR) is 84.0 cm³/mol. The van der Waals surface area contributed by atoms with Crippen molar-refractivity contribution in [1.29, 1.82) is 0 Å². The molecule has 2 fully saturated rings. The number of hydrogen-bond donors (Lipinski definition) is 0. The van der Waals surface area contributed by atoms with Gasteiger partial charge in [-0.3, -0.25) is 9.69 Å². The van der Waals surface area contributed by atoms with Crippen molar-refractivity contribution in [1.82, 2.24) is 9.97 Å². The van der Waals surface area contributed by atoms with Crippen LogP contribution >= 0.6 is 0 Å². The SMILES string of the molecule is CC1(C)OB(c2cnc(N3CCCCC3=O)nc2)OC1(C)C. The summed E-state index contributed by atoms with van der Waals surface area (Å²) in [4.78, 5) is 22.2. The van der Waals surface area contributed by atoms with Gasteiger partial charge in [-0.2, -0.15) is 0 Å². The zero-order valence-electron chi connectivity index (χ0n) is 13.6. The molecule has 1 aromatic heterocycles. The Morgan fingerprint density at radius 3 is 2.23 bits per heavy atom. The first-order valence-electron chi connectivity index (χ1n) is 7.78. The van der Waals surface area contributed by atoms with Crippen LogP contribution in [0.25, 0.3) is 0 Å². The number of aromatic nitrogens is 2. The van der Waals surface area contributed by atoms with Crippen LogP contribution in [0.2, 0.25) is 0 Å². The summed E-state index contributed by atoms with van der Waals surface area (Å²) in [6.45, 7) is 8.72. The third-order valence-electron chi connectivity index (χ3n) is 4.75. The molecule has 3 heterocycles. The van der Waals surface area contributed by atoms with Crippen LogP contribution in [0.5, 0.6) is 0 Å². The van der Waals surface area contributed by atoms with Gasteiger partial charge in [0.2, 0.25) is 11.9 Å².